The Balaban J connectivity index is 2.94. The average molecular weight is 254 g/mol. The van der Waals surface area contributed by atoms with Crippen LogP contribution in [0.25, 0.3) is 0 Å². The lowest BCUT2D eigenvalue weighted by Gasteiger charge is -2.23. The molecule has 1 amide bonds. The number of halogens is 1. The standard InChI is InChI=1S/C13H16ClNO2/c1-3-9-15(11-7-5-4-6-8-11)13(17)12(14)10(2)16/h4-8,12H,3,9H2,1-2H3. The minimum absolute atomic E-state index is 0.325. The maximum Gasteiger partial charge on any atom is 0.252 e. The van der Waals surface area contributed by atoms with Crippen LogP contribution in [0.2, 0.25) is 0 Å². The SMILES string of the molecule is CCCN(C(=O)C(Cl)C(C)=O)c1ccccc1. The Morgan fingerprint density at radius 2 is 1.88 bits per heavy atom. The molecule has 0 N–H and O–H groups in total. The van der Waals surface area contributed by atoms with Gasteiger partial charge < -0.3 is 4.90 Å². The summed E-state index contributed by atoms with van der Waals surface area (Å²) in [6.07, 6.45) is 0.808. The number of nitrogens with zero attached hydrogens (tertiary/aromatic N) is 1. The summed E-state index contributed by atoms with van der Waals surface area (Å²) in [5.41, 5.74) is 0.770. The first-order chi connectivity index (χ1) is 8.07. The Hall–Kier alpha value is -1.35. The zero-order valence-corrected chi connectivity index (χ0v) is 10.8. The predicted molar refractivity (Wildman–Crippen MR) is 69.4 cm³/mol. The van der Waals surface area contributed by atoms with Gasteiger partial charge in [0.25, 0.3) is 5.91 Å². The molecule has 0 bridgehead atoms. The molecule has 1 rings (SSSR count). The second-order valence-corrected chi connectivity index (χ2v) is 4.24. The first kappa shape index (κ1) is 13.7. The number of ketones is 1. The number of carbonyl (C=O) groups excluding carboxylic acids is 2. The van der Waals surface area contributed by atoms with Crippen LogP contribution in [0.5, 0.6) is 0 Å². The molecular weight excluding hydrogens is 238 g/mol. The van der Waals surface area contributed by atoms with Crippen LogP contribution in [-0.4, -0.2) is 23.6 Å². The van der Waals surface area contributed by atoms with Crippen LogP contribution in [0.3, 0.4) is 0 Å². The first-order valence-corrected chi connectivity index (χ1v) is 6.02. The van der Waals surface area contributed by atoms with Crippen molar-refractivity contribution in [3.05, 3.63) is 30.3 Å². The number of rotatable bonds is 5. The highest BCUT2D eigenvalue weighted by atomic mass is 35.5. The maximum absolute atomic E-state index is 12.0. The van der Waals surface area contributed by atoms with E-state index in [1.54, 1.807) is 4.90 Å². The summed E-state index contributed by atoms with van der Waals surface area (Å²) in [6.45, 7) is 3.85. The monoisotopic (exact) mass is 253 g/mol. The molecule has 0 saturated carbocycles. The predicted octanol–water partition coefficient (Wildman–Crippen LogP) is 2.63. The largest absolute Gasteiger partial charge is 0.311 e. The minimum atomic E-state index is -1.10. The molecule has 92 valence electrons. The van der Waals surface area contributed by atoms with Gasteiger partial charge in [0.05, 0.1) is 0 Å². The Bertz CT molecular complexity index is 392. The highest BCUT2D eigenvalue weighted by molar-refractivity contribution is 6.43. The van der Waals surface area contributed by atoms with Gasteiger partial charge in [-0.05, 0) is 25.5 Å². The minimum Gasteiger partial charge on any atom is -0.311 e. The maximum atomic E-state index is 12.0. The Morgan fingerprint density at radius 1 is 1.29 bits per heavy atom. The van der Waals surface area contributed by atoms with Crippen LogP contribution >= 0.6 is 11.6 Å². The van der Waals surface area contributed by atoms with Gasteiger partial charge in [-0.15, -0.1) is 11.6 Å². The van der Waals surface area contributed by atoms with E-state index >= 15 is 0 Å². The van der Waals surface area contributed by atoms with Crippen molar-refractivity contribution in [2.45, 2.75) is 25.6 Å². The first-order valence-electron chi connectivity index (χ1n) is 5.59. The van der Waals surface area contributed by atoms with Gasteiger partial charge >= 0.3 is 0 Å². The molecular formula is C13H16ClNO2. The third-order valence-corrected chi connectivity index (χ3v) is 2.85. The van der Waals surface area contributed by atoms with Crippen molar-refractivity contribution in [3.8, 4) is 0 Å². The number of anilines is 1. The molecule has 0 radical (unpaired) electrons. The topological polar surface area (TPSA) is 37.4 Å². The molecule has 3 nitrogen and oxygen atoms in total. The summed E-state index contributed by atoms with van der Waals surface area (Å²) in [6, 6.07) is 9.24. The molecule has 0 heterocycles. The van der Waals surface area contributed by atoms with Gasteiger partial charge in [0.2, 0.25) is 0 Å². The zero-order valence-electron chi connectivity index (χ0n) is 10.0. The number of benzene rings is 1. The highest BCUT2D eigenvalue weighted by Gasteiger charge is 2.26. The van der Waals surface area contributed by atoms with Crippen molar-refractivity contribution in [2.24, 2.45) is 0 Å². The highest BCUT2D eigenvalue weighted by Crippen LogP contribution is 2.17. The molecule has 1 aromatic carbocycles. The molecule has 1 unspecified atom stereocenters. The molecule has 4 heteroatoms. The fourth-order valence-electron chi connectivity index (χ4n) is 1.51. The second kappa shape index (κ2) is 6.40. The molecule has 0 aliphatic heterocycles. The van der Waals surface area contributed by atoms with Crippen molar-refractivity contribution in [1.29, 1.82) is 0 Å². The summed E-state index contributed by atoms with van der Waals surface area (Å²) in [5, 5.41) is -1.10. The van der Waals surface area contributed by atoms with E-state index in [0.29, 0.717) is 6.54 Å². The van der Waals surface area contributed by atoms with Crippen LogP contribution in [0, 0.1) is 0 Å². The summed E-state index contributed by atoms with van der Waals surface area (Å²) >= 11 is 5.81. The molecule has 0 spiro atoms. The molecule has 0 fully saturated rings. The number of hydrogen-bond donors (Lipinski definition) is 0. The number of carbonyl (C=O) groups is 2. The third kappa shape index (κ3) is 3.56. The van der Waals surface area contributed by atoms with Gasteiger partial charge in [-0.3, -0.25) is 9.59 Å². The van der Waals surface area contributed by atoms with Crippen LogP contribution in [0.1, 0.15) is 20.3 Å². The summed E-state index contributed by atoms with van der Waals surface area (Å²) < 4.78 is 0. The zero-order chi connectivity index (χ0) is 12.8. The van der Waals surface area contributed by atoms with Crippen molar-refractivity contribution >= 4 is 29.0 Å². The molecule has 1 aromatic rings. The Morgan fingerprint density at radius 3 is 2.35 bits per heavy atom. The molecule has 0 aliphatic carbocycles. The van der Waals surface area contributed by atoms with E-state index in [2.05, 4.69) is 0 Å². The van der Waals surface area contributed by atoms with E-state index in [1.807, 2.05) is 37.3 Å². The van der Waals surface area contributed by atoms with Gasteiger partial charge in [-0.2, -0.15) is 0 Å². The van der Waals surface area contributed by atoms with Gasteiger partial charge in [-0.25, -0.2) is 0 Å². The fraction of sp³-hybridized carbons (Fsp3) is 0.385. The summed E-state index contributed by atoms with van der Waals surface area (Å²) in [7, 11) is 0. The van der Waals surface area contributed by atoms with Gasteiger partial charge in [-0.1, -0.05) is 25.1 Å². The fourth-order valence-corrected chi connectivity index (χ4v) is 1.63. The summed E-state index contributed by atoms with van der Waals surface area (Å²) in [5.74, 6) is -0.680. The molecule has 17 heavy (non-hydrogen) atoms. The Kier molecular flexibility index (Phi) is 5.16. The lowest BCUT2D eigenvalue weighted by Crippen LogP contribution is -2.40. The third-order valence-electron chi connectivity index (χ3n) is 2.35. The van der Waals surface area contributed by atoms with E-state index in [4.69, 9.17) is 11.6 Å². The van der Waals surface area contributed by atoms with Gasteiger partial charge in [0, 0.05) is 12.2 Å². The van der Waals surface area contributed by atoms with E-state index in [1.165, 1.54) is 6.92 Å². The van der Waals surface area contributed by atoms with E-state index in [0.717, 1.165) is 12.1 Å². The smallest absolute Gasteiger partial charge is 0.252 e. The van der Waals surface area contributed by atoms with E-state index in [9.17, 15) is 9.59 Å². The lowest BCUT2D eigenvalue weighted by molar-refractivity contribution is -0.125. The van der Waals surface area contributed by atoms with E-state index in [-0.39, 0.29) is 11.7 Å². The molecule has 0 aromatic heterocycles. The van der Waals surface area contributed by atoms with E-state index < -0.39 is 5.38 Å². The van der Waals surface area contributed by atoms with Crippen molar-refractivity contribution in [3.63, 3.8) is 0 Å². The lowest BCUT2D eigenvalue weighted by atomic mass is 10.2. The van der Waals surface area contributed by atoms with Gasteiger partial charge in [0.1, 0.15) is 0 Å². The number of hydrogen-bond acceptors (Lipinski definition) is 2. The van der Waals surface area contributed by atoms with Crippen molar-refractivity contribution in [2.75, 3.05) is 11.4 Å². The number of amides is 1. The molecule has 0 saturated heterocycles. The normalized spacial score (nSPS) is 11.9. The number of Topliss-reactive ketones (excluding diaryl/α,β-unsaturated/α-hetero) is 1. The molecule has 1 atom stereocenters. The van der Waals surface area contributed by atoms with Crippen LogP contribution in [0.15, 0.2) is 30.3 Å². The van der Waals surface area contributed by atoms with Crippen LogP contribution in [0.4, 0.5) is 5.69 Å². The quantitative estimate of drug-likeness (QED) is 0.598. The second-order valence-electron chi connectivity index (χ2n) is 3.80. The average Bonchev–Trinajstić information content (AvgIpc) is 2.35. The number of para-hydroxylation sites is 1. The number of alkyl halides is 1. The van der Waals surface area contributed by atoms with Crippen molar-refractivity contribution in [1.82, 2.24) is 0 Å². The molecule has 0 aliphatic rings. The summed E-state index contributed by atoms with van der Waals surface area (Å²) in [4.78, 5) is 24.7. The van der Waals surface area contributed by atoms with Crippen LogP contribution in [-0.2, 0) is 9.59 Å². The van der Waals surface area contributed by atoms with Crippen molar-refractivity contribution < 1.29 is 9.59 Å². The van der Waals surface area contributed by atoms with Gasteiger partial charge in [0.15, 0.2) is 11.2 Å². The van der Waals surface area contributed by atoms with Crippen LogP contribution < -0.4 is 4.90 Å². The Labute approximate surface area is 106 Å².